The van der Waals surface area contributed by atoms with Crippen molar-refractivity contribution < 1.29 is 14.6 Å². The summed E-state index contributed by atoms with van der Waals surface area (Å²) in [6.07, 6.45) is 30.5. The summed E-state index contributed by atoms with van der Waals surface area (Å²) in [6.45, 7) is 6.39. The molecule has 3 nitrogen and oxygen atoms in total. The quantitative estimate of drug-likeness (QED) is 0.0827. The molecule has 0 spiro atoms. The summed E-state index contributed by atoms with van der Waals surface area (Å²) in [5.41, 5.74) is 0. The molecule has 0 heterocycles. The molecule has 33 heavy (non-hydrogen) atoms. The van der Waals surface area contributed by atoms with Gasteiger partial charge in [0.1, 0.15) is 0 Å². The Kier molecular flexibility index (Phi) is 25.1. The molecule has 2 atom stereocenters. The first-order valence-corrected chi connectivity index (χ1v) is 14.6. The van der Waals surface area contributed by atoms with Gasteiger partial charge in [-0.15, -0.1) is 0 Å². The third-order valence-electron chi connectivity index (χ3n) is 6.54. The Balaban J connectivity index is 3.38. The molecule has 0 aromatic carbocycles. The highest BCUT2D eigenvalue weighted by Gasteiger charge is 2.18. The van der Waals surface area contributed by atoms with Crippen LogP contribution in [0.25, 0.3) is 0 Å². The second-order valence-corrected chi connectivity index (χ2v) is 10.0. The fraction of sp³-hybridized carbons (Fsp3) is 0.900. The summed E-state index contributed by atoms with van der Waals surface area (Å²) in [5.74, 6) is -0.430. The Hall–Kier alpha value is -0.830. The van der Waals surface area contributed by atoms with Gasteiger partial charge in [-0.3, -0.25) is 0 Å². The van der Waals surface area contributed by atoms with Gasteiger partial charge in [-0.25, -0.2) is 4.79 Å². The minimum absolute atomic E-state index is 0.0826. The topological polar surface area (TPSA) is 46.5 Å². The third kappa shape index (κ3) is 24.1. The molecule has 0 saturated heterocycles. The summed E-state index contributed by atoms with van der Waals surface area (Å²) >= 11 is 0. The predicted molar refractivity (Wildman–Crippen MR) is 144 cm³/mol. The Bertz CT molecular complexity index is 432. The number of esters is 1. The van der Waals surface area contributed by atoms with Gasteiger partial charge in [0.25, 0.3) is 0 Å². The summed E-state index contributed by atoms with van der Waals surface area (Å²) in [6, 6.07) is 0. The van der Waals surface area contributed by atoms with E-state index in [1.54, 1.807) is 0 Å². The molecule has 0 aliphatic heterocycles. The Morgan fingerprint density at radius 2 is 1.03 bits per heavy atom. The lowest BCUT2D eigenvalue weighted by Gasteiger charge is -2.16. The molecule has 3 heteroatoms. The number of rotatable bonds is 25. The van der Waals surface area contributed by atoms with E-state index in [0.29, 0.717) is 6.42 Å². The molecule has 0 amide bonds. The minimum Gasteiger partial charge on any atom is -0.461 e. The van der Waals surface area contributed by atoms with E-state index in [1.807, 2.05) is 6.92 Å². The van der Waals surface area contributed by atoms with Gasteiger partial charge in [0.15, 0.2) is 6.10 Å². The maximum Gasteiger partial charge on any atom is 0.335 e. The van der Waals surface area contributed by atoms with Crippen molar-refractivity contribution in [1.29, 1.82) is 0 Å². The van der Waals surface area contributed by atoms with Crippen LogP contribution in [0.2, 0.25) is 0 Å². The molecule has 0 radical (unpaired) electrons. The lowest BCUT2D eigenvalue weighted by Crippen LogP contribution is -2.26. The van der Waals surface area contributed by atoms with Crippen LogP contribution in [0, 0.1) is 0 Å². The Morgan fingerprint density at radius 1 is 0.636 bits per heavy atom. The van der Waals surface area contributed by atoms with Crippen molar-refractivity contribution in [1.82, 2.24) is 0 Å². The second kappa shape index (κ2) is 25.8. The zero-order valence-corrected chi connectivity index (χ0v) is 22.6. The summed E-state index contributed by atoms with van der Waals surface area (Å²) in [7, 11) is 0. The van der Waals surface area contributed by atoms with E-state index in [4.69, 9.17) is 4.74 Å². The molecule has 0 saturated carbocycles. The predicted octanol–water partition coefficient (Wildman–Crippen LogP) is 9.46. The van der Waals surface area contributed by atoms with Gasteiger partial charge in [0.05, 0.1) is 6.10 Å². The van der Waals surface area contributed by atoms with Crippen molar-refractivity contribution in [2.24, 2.45) is 0 Å². The molecule has 0 fully saturated rings. The van der Waals surface area contributed by atoms with Crippen LogP contribution in [0.1, 0.15) is 162 Å². The lowest BCUT2D eigenvalue weighted by atomic mass is 10.0. The highest BCUT2D eigenvalue weighted by molar-refractivity contribution is 5.74. The van der Waals surface area contributed by atoms with Crippen molar-refractivity contribution in [3.05, 3.63) is 12.2 Å². The maximum atomic E-state index is 12.0. The molecule has 0 aliphatic carbocycles. The second-order valence-electron chi connectivity index (χ2n) is 10.0. The average molecular weight is 467 g/mol. The van der Waals surface area contributed by atoms with E-state index in [0.717, 1.165) is 25.7 Å². The van der Waals surface area contributed by atoms with Crippen LogP contribution in [0.5, 0.6) is 0 Å². The van der Waals surface area contributed by atoms with E-state index in [1.165, 1.54) is 109 Å². The normalized spacial score (nSPS) is 13.5. The molecule has 1 unspecified atom stereocenters. The SMILES string of the molecule is CCCCCC/C=C\CCCCCCCCCCCC[C@@H](O)C(=O)OC(C)CCCCCC. The van der Waals surface area contributed by atoms with Crippen molar-refractivity contribution in [2.75, 3.05) is 0 Å². The van der Waals surface area contributed by atoms with Gasteiger partial charge in [0, 0.05) is 0 Å². The number of hydrogen-bond donors (Lipinski definition) is 1. The number of carbonyl (C=O) groups is 1. The van der Waals surface area contributed by atoms with Crippen molar-refractivity contribution in [3.63, 3.8) is 0 Å². The average Bonchev–Trinajstić information content (AvgIpc) is 2.80. The van der Waals surface area contributed by atoms with Gasteiger partial charge >= 0.3 is 5.97 Å². The molecular weight excluding hydrogens is 408 g/mol. The number of allylic oxidation sites excluding steroid dienone is 2. The van der Waals surface area contributed by atoms with E-state index >= 15 is 0 Å². The number of unbranched alkanes of at least 4 members (excludes halogenated alkanes) is 17. The standard InChI is InChI=1S/C30H58O3/c1-4-6-8-10-11-12-13-14-15-16-17-18-19-20-21-22-23-25-27-29(31)30(32)33-28(3)26-24-9-7-5-2/h12-13,28-29,31H,4-11,14-27H2,1-3H3/b13-12-/t28?,29-/m1/s1. The van der Waals surface area contributed by atoms with E-state index in [2.05, 4.69) is 26.0 Å². The maximum absolute atomic E-state index is 12.0. The number of aliphatic hydroxyl groups excluding tert-OH is 1. The Morgan fingerprint density at radius 3 is 1.55 bits per heavy atom. The monoisotopic (exact) mass is 466 g/mol. The lowest BCUT2D eigenvalue weighted by molar-refractivity contribution is -0.159. The molecular formula is C30H58O3. The van der Waals surface area contributed by atoms with E-state index in [9.17, 15) is 9.90 Å². The molecule has 0 aromatic heterocycles. The van der Waals surface area contributed by atoms with Crippen LogP contribution in [-0.2, 0) is 9.53 Å². The summed E-state index contributed by atoms with van der Waals surface area (Å²) in [4.78, 5) is 12.0. The number of aliphatic hydroxyl groups is 1. The molecule has 0 bridgehead atoms. The molecule has 0 rings (SSSR count). The van der Waals surface area contributed by atoms with Gasteiger partial charge in [-0.2, -0.15) is 0 Å². The first-order chi connectivity index (χ1) is 16.1. The number of ether oxygens (including phenoxy) is 1. The molecule has 0 aliphatic rings. The smallest absolute Gasteiger partial charge is 0.335 e. The van der Waals surface area contributed by atoms with E-state index < -0.39 is 12.1 Å². The van der Waals surface area contributed by atoms with Crippen LogP contribution in [0.4, 0.5) is 0 Å². The fourth-order valence-corrected chi connectivity index (χ4v) is 4.25. The summed E-state index contributed by atoms with van der Waals surface area (Å²) < 4.78 is 5.39. The molecule has 0 aromatic rings. The van der Waals surface area contributed by atoms with Gasteiger partial charge in [0.2, 0.25) is 0 Å². The highest BCUT2D eigenvalue weighted by Crippen LogP contribution is 2.14. The zero-order valence-electron chi connectivity index (χ0n) is 22.6. The van der Waals surface area contributed by atoms with Crippen LogP contribution < -0.4 is 0 Å². The largest absolute Gasteiger partial charge is 0.461 e. The van der Waals surface area contributed by atoms with Crippen molar-refractivity contribution in [3.8, 4) is 0 Å². The van der Waals surface area contributed by atoms with Gasteiger partial charge < -0.3 is 9.84 Å². The van der Waals surface area contributed by atoms with Crippen molar-refractivity contribution in [2.45, 2.75) is 174 Å². The highest BCUT2D eigenvalue weighted by atomic mass is 16.6. The number of hydrogen-bond acceptors (Lipinski definition) is 3. The minimum atomic E-state index is -0.945. The van der Waals surface area contributed by atoms with Crippen molar-refractivity contribution >= 4 is 5.97 Å². The first kappa shape index (κ1) is 32.2. The van der Waals surface area contributed by atoms with E-state index in [-0.39, 0.29) is 6.10 Å². The van der Waals surface area contributed by atoms with Gasteiger partial charge in [-0.1, -0.05) is 122 Å². The Labute approximate surface area is 207 Å². The first-order valence-electron chi connectivity index (χ1n) is 14.6. The number of carbonyl (C=O) groups excluding carboxylic acids is 1. The van der Waals surface area contributed by atoms with Gasteiger partial charge in [-0.05, 0) is 51.9 Å². The zero-order chi connectivity index (χ0) is 24.4. The summed E-state index contributed by atoms with van der Waals surface area (Å²) in [5, 5.41) is 10.0. The third-order valence-corrected chi connectivity index (χ3v) is 6.54. The van der Waals surface area contributed by atoms with Crippen LogP contribution in [-0.4, -0.2) is 23.3 Å². The molecule has 1 N–H and O–H groups in total. The van der Waals surface area contributed by atoms with Crippen LogP contribution in [0.3, 0.4) is 0 Å². The molecule has 196 valence electrons. The van der Waals surface area contributed by atoms with Crippen LogP contribution >= 0.6 is 0 Å². The van der Waals surface area contributed by atoms with Crippen LogP contribution in [0.15, 0.2) is 12.2 Å². The fourth-order valence-electron chi connectivity index (χ4n) is 4.25.